The number of hydrogen-bond donors (Lipinski definition) is 1. The minimum atomic E-state index is -0.523. The summed E-state index contributed by atoms with van der Waals surface area (Å²) in [5.74, 6) is 0.315. The van der Waals surface area contributed by atoms with Gasteiger partial charge in [-0.2, -0.15) is 0 Å². The summed E-state index contributed by atoms with van der Waals surface area (Å²) in [5, 5.41) is 2.75. The van der Waals surface area contributed by atoms with E-state index in [2.05, 4.69) is 5.32 Å². The second-order valence-electron chi connectivity index (χ2n) is 6.46. The number of ether oxygens (including phenoxy) is 3. The van der Waals surface area contributed by atoms with Crippen molar-refractivity contribution in [1.82, 2.24) is 4.57 Å². The molecule has 0 unspecified atom stereocenters. The molecule has 0 atom stereocenters. The van der Waals surface area contributed by atoms with Gasteiger partial charge in [0.2, 0.25) is 12.4 Å². The number of benzene rings is 1. The first-order valence-corrected chi connectivity index (χ1v) is 9.97. The number of anilines is 1. The highest BCUT2D eigenvalue weighted by Gasteiger charge is 2.22. The summed E-state index contributed by atoms with van der Waals surface area (Å²) in [7, 11) is 1.56. The Morgan fingerprint density at radius 1 is 1.17 bits per heavy atom. The molecule has 0 bridgehead atoms. The summed E-state index contributed by atoms with van der Waals surface area (Å²) in [4.78, 5) is 37.8. The number of rotatable bonds is 5. The average molecular weight is 426 g/mol. The van der Waals surface area contributed by atoms with Crippen LogP contribution in [0.1, 0.15) is 27.0 Å². The van der Waals surface area contributed by atoms with E-state index in [1.54, 1.807) is 26.1 Å². The van der Waals surface area contributed by atoms with Gasteiger partial charge in [0.25, 0.3) is 5.91 Å². The lowest BCUT2D eigenvalue weighted by Gasteiger charge is -2.07. The predicted molar refractivity (Wildman–Crippen MR) is 111 cm³/mol. The molecule has 1 aliphatic rings. The van der Waals surface area contributed by atoms with E-state index in [0.29, 0.717) is 22.7 Å². The van der Waals surface area contributed by atoms with Crippen LogP contribution in [0.5, 0.6) is 11.5 Å². The lowest BCUT2D eigenvalue weighted by molar-refractivity contribution is 0.0533. The van der Waals surface area contributed by atoms with Crippen LogP contribution in [0.15, 0.2) is 47.4 Å². The largest absolute Gasteiger partial charge is 0.462 e. The molecule has 1 aliphatic heterocycles. The monoisotopic (exact) mass is 426 g/mol. The minimum Gasteiger partial charge on any atom is -0.462 e. The Hall–Kier alpha value is -3.59. The molecule has 3 aromatic rings. The van der Waals surface area contributed by atoms with E-state index in [9.17, 15) is 14.4 Å². The van der Waals surface area contributed by atoms with Gasteiger partial charge in [0.15, 0.2) is 11.5 Å². The van der Waals surface area contributed by atoms with Crippen LogP contribution in [0.4, 0.5) is 5.69 Å². The van der Waals surface area contributed by atoms with Crippen molar-refractivity contribution >= 4 is 28.9 Å². The number of aromatic nitrogens is 1. The molecule has 9 heteroatoms. The fraction of sp³-hybridized carbons (Fsp3) is 0.190. The van der Waals surface area contributed by atoms with E-state index in [0.717, 1.165) is 10.4 Å². The van der Waals surface area contributed by atoms with Crippen LogP contribution in [0, 0.1) is 0 Å². The van der Waals surface area contributed by atoms with E-state index >= 15 is 0 Å². The van der Waals surface area contributed by atoms with Crippen molar-refractivity contribution < 1.29 is 23.8 Å². The van der Waals surface area contributed by atoms with E-state index in [4.69, 9.17) is 14.2 Å². The third kappa shape index (κ3) is 3.79. The molecule has 1 N–H and O–H groups in total. The van der Waals surface area contributed by atoms with Crippen LogP contribution in [0.25, 0.3) is 10.4 Å². The normalized spacial score (nSPS) is 11.9. The van der Waals surface area contributed by atoms with Gasteiger partial charge in [0.05, 0.1) is 17.9 Å². The highest BCUT2D eigenvalue weighted by Crippen LogP contribution is 2.40. The third-order valence-electron chi connectivity index (χ3n) is 4.45. The Morgan fingerprint density at radius 3 is 2.73 bits per heavy atom. The maximum atomic E-state index is 12.7. The Balaban J connectivity index is 1.68. The number of carbonyl (C=O) groups is 2. The third-order valence-corrected chi connectivity index (χ3v) is 5.61. The van der Waals surface area contributed by atoms with E-state index in [1.165, 1.54) is 34.2 Å². The van der Waals surface area contributed by atoms with Crippen LogP contribution >= 0.6 is 11.3 Å². The number of nitrogens with zero attached hydrogens (tertiary/aromatic N) is 1. The standard InChI is InChI=1S/C21H18N2O6S/c1-3-27-21(26)19-14(22-20(25)13-5-7-18(24)23(2)10-13)9-17(30-19)12-4-6-15-16(8-12)29-11-28-15/h4-10H,3,11H2,1-2H3,(H,22,25). The van der Waals surface area contributed by atoms with Gasteiger partial charge in [0.1, 0.15) is 4.88 Å². The fourth-order valence-electron chi connectivity index (χ4n) is 2.95. The molecular formula is C21H18N2O6S. The second kappa shape index (κ2) is 8.03. The average Bonchev–Trinajstić information content (AvgIpc) is 3.36. The summed E-state index contributed by atoms with van der Waals surface area (Å²) in [6, 6.07) is 9.94. The smallest absolute Gasteiger partial charge is 0.350 e. The van der Waals surface area contributed by atoms with Gasteiger partial charge < -0.3 is 24.1 Å². The number of amides is 1. The number of thiophene rings is 1. The van der Waals surface area contributed by atoms with Crippen LogP contribution < -0.4 is 20.3 Å². The van der Waals surface area contributed by atoms with Crippen molar-refractivity contribution in [3.8, 4) is 21.9 Å². The molecule has 0 fully saturated rings. The predicted octanol–water partition coefficient (Wildman–Crippen LogP) is 3.27. The van der Waals surface area contributed by atoms with Gasteiger partial charge >= 0.3 is 5.97 Å². The maximum Gasteiger partial charge on any atom is 0.350 e. The summed E-state index contributed by atoms with van der Waals surface area (Å²) in [5.41, 5.74) is 1.23. The SMILES string of the molecule is CCOC(=O)c1sc(-c2ccc3c(c2)OCO3)cc1NC(=O)c1ccc(=O)n(C)c1. The van der Waals surface area contributed by atoms with Crippen LogP contribution in [0.3, 0.4) is 0 Å². The molecule has 0 radical (unpaired) electrons. The van der Waals surface area contributed by atoms with Crippen molar-refractivity contribution in [1.29, 1.82) is 0 Å². The van der Waals surface area contributed by atoms with Gasteiger partial charge in [0, 0.05) is 24.2 Å². The molecule has 8 nitrogen and oxygen atoms in total. The number of aryl methyl sites for hydroxylation is 1. The lowest BCUT2D eigenvalue weighted by atomic mass is 10.1. The Labute approximate surface area is 175 Å². The molecule has 1 amide bonds. The van der Waals surface area contributed by atoms with Gasteiger partial charge in [-0.05, 0) is 42.8 Å². The number of carbonyl (C=O) groups excluding carboxylic acids is 2. The van der Waals surface area contributed by atoms with Gasteiger partial charge in [-0.1, -0.05) is 0 Å². The first-order chi connectivity index (χ1) is 14.5. The van der Waals surface area contributed by atoms with E-state index < -0.39 is 11.9 Å². The zero-order valence-corrected chi connectivity index (χ0v) is 17.1. The molecule has 0 aliphatic carbocycles. The summed E-state index contributed by atoms with van der Waals surface area (Å²) in [6.45, 7) is 2.09. The zero-order valence-electron chi connectivity index (χ0n) is 16.3. The molecule has 3 heterocycles. The van der Waals surface area contributed by atoms with Crippen molar-refractivity contribution in [2.75, 3.05) is 18.7 Å². The Kier molecular flexibility index (Phi) is 5.28. The number of pyridine rings is 1. The minimum absolute atomic E-state index is 0.165. The van der Waals surface area contributed by atoms with E-state index in [-0.39, 0.29) is 23.8 Å². The second-order valence-corrected chi connectivity index (χ2v) is 7.52. The van der Waals surface area contributed by atoms with Gasteiger partial charge in [-0.15, -0.1) is 11.3 Å². The first-order valence-electron chi connectivity index (χ1n) is 9.15. The van der Waals surface area contributed by atoms with Gasteiger partial charge in [-0.25, -0.2) is 4.79 Å². The molecule has 0 saturated heterocycles. The van der Waals surface area contributed by atoms with Crippen molar-refractivity contribution in [2.24, 2.45) is 7.05 Å². The van der Waals surface area contributed by atoms with Crippen LogP contribution in [-0.2, 0) is 11.8 Å². The number of nitrogens with one attached hydrogen (secondary N) is 1. The Bertz CT molecular complexity index is 1200. The molecule has 0 spiro atoms. The number of esters is 1. The Morgan fingerprint density at radius 2 is 1.97 bits per heavy atom. The van der Waals surface area contributed by atoms with Crippen molar-refractivity contribution in [2.45, 2.75) is 6.92 Å². The summed E-state index contributed by atoms with van der Waals surface area (Å²) < 4.78 is 17.2. The van der Waals surface area contributed by atoms with Crippen molar-refractivity contribution in [3.63, 3.8) is 0 Å². The van der Waals surface area contributed by atoms with Gasteiger partial charge in [-0.3, -0.25) is 9.59 Å². The fourth-order valence-corrected chi connectivity index (χ4v) is 3.95. The molecular weight excluding hydrogens is 408 g/mol. The molecule has 30 heavy (non-hydrogen) atoms. The maximum absolute atomic E-state index is 12.7. The van der Waals surface area contributed by atoms with Crippen LogP contribution in [0.2, 0.25) is 0 Å². The molecule has 4 rings (SSSR count). The first kappa shape index (κ1) is 19.7. The summed E-state index contributed by atoms with van der Waals surface area (Å²) in [6.07, 6.45) is 1.44. The summed E-state index contributed by atoms with van der Waals surface area (Å²) >= 11 is 1.21. The highest BCUT2D eigenvalue weighted by molar-refractivity contribution is 7.18. The van der Waals surface area contributed by atoms with Crippen LogP contribution in [-0.4, -0.2) is 29.8 Å². The topological polar surface area (TPSA) is 95.9 Å². The molecule has 1 aromatic carbocycles. The van der Waals surface area contributed by atoms with E-state index in [1.807, 2.05) is 12.1 Å². The number of fused-ring (bicyclic) bond motifs is 1. The molecule has 154 valence electrons. The number of hydrogen-bond acceptors (Lipinski definition) is 7. The molecule has 0 saturated carbocycles. The van der Waals surface area contributed by atoms with Crippen molar-refractivity contribution in [3.05, 3.63) is 63.4 Å². The zero-order chi connectivity index (χ0) is 21.3. The quantitative estimate of drug-likeness (QED) is 0.629. The lowest BCUT2D eigenvalue weighted by Crippen LogP contribution is -2.20. The molecule has 2 aromatic heterocycles. The highest BCUT2D eigenvalue weighted by atomic mass is 32.1.